The third kappa shape index (κ3) is 3.77. The highest BCUT2D eigenvalue weighted by Gasteiger charge is 2.62. The highest BCUT2D eigenvalue weighted by molar-refractivity contribution is 6.00. The minimum Gasteiger partial charge on any atom is -0.378 e. The van der Waals surface area contributed by atoms with Gasteiger partial charge in [0, 0.05) is 42.9 Å². The number of nitrogens with zero attached hydrogens (tertiary/aromatic N) is 1. The van der Waals surface area contributed by atoms with Crippen LogP contribution < -0.4 is 21.3 Å². The van der Waals surface area contributed by atoms with Gasteiger partial charge in [-0.25, -0.2) is 4.79 Å². The number of halogens is 1. The Morgan fingerprint density at radius 1 is 1.44 bits per heavy atom. The number of hydrogen-bond acceptors (Lipinski definition) is 4. The molecule has 150 valence electrons. The summed E-state index contributed by atoms with van der Waals surface area (Å²) in [6.07, 6.45) is 1.36. The van der Waals surface area contributed by atoms with Crippen LogP contribution in [0.5, 0.6) is 0 Å². The van der Waals surface area contributed by atoms with Crippen LogP contribution >= 0.6 is 12.4 Å². The lowest BCUT2D eigenvalue weighted by Crippen LogP contribution is -2.74. The first-order valence-corrected chi connectivity index (χ1v) is 9.17. The maximum atomic E-state index is 12.8. The average Bonchev–Trinajstić information content (AvgIpc) is 2.62. The summed E-state index contributed by atoms with van der Waals surface area (Å²) in [5.74, 6) is -0.223. The molecule has 0 aromatic heterocycles. The molecule has 4 N–H and O–H groups in total. The summed E-state index contributed by atoms with van der Waals surface area (Å²) >= 11 is 0. The summed E-state index contributed by atoms with van der Waals surface area (Å²) in [7, 11) is 0. The highest BCUT2D eigenvalue weighted by Crippen LogP contribution is 2.50. The van der Waals surface area contributed by atoms with Crippen LogP contribution in [0.4, 0.5) is 16.2 Å². The van der Waals surface area contributed by atoms with Crippen LogP contribution in [-0.4, -0.2) is 43.3 Å². The molecule has 1 aliphatic heterocycles. The first-order chi connectivity index (χ1) is 12.3. The molecule has 1 heterocycles. The van der Waals surface area contributed by atoms with E-state index >= 15 is 0 Å². The predicted molar refractivity (Wildman–Crippen MR) is 108 cm³/mol. The zero-order valence-corrected chi connectivity index (χ0v) is 16.9. The Kier molecular flexibility index (Phi) is 6.39. The zero-order valence-electron chi connectivity index (χ0n) is 16.1. The molecule has 27 heavy (non-hydrogen) atoms. The summed E-state index contributed by atoms with van der Waals surface area (Å²) in [6, 6.07) is 7.17. The fourth-order valence-electron chi connectivity index (χ4n) is 3.69. The third-order valence-electron chi connectivity index (χ3n) is 5.73. The molecular weight excluding hydrogens is 368 g/mol. The van der Waals surface area contributed by atoms with E-state index < -0.39 is 11.0 Å². The lowest BCUT2D eigenvalue weighted by atomic mass is 9.54. The molecule has 0 spiro atoms. The van der Waals surface area contributed by atoms with Crippen molar-refractivity contribution in [1.29, 1.82) is 0 Å². The van der Waals surface area contributed by atoms with Crippen LogP contribution in [0.25, 0.3) is 0 Å². The second kappa shape index (κ2) is 8.04. The van der Waals surface area contributed by atoms with Crippen LogP contribution in [0.15, 0.2) is 24.3 Å². The van der Waals surface area contributed by atoms with Crippen molar-refractivity contribution in [3.05, 3.63) is 24.3 Å². The largest absolute Gasteiger partial charge is 0.378 e. The molecule has 3 amide bonds. The number of ether oxygens (including phenoxy) is 1. The number of carbonyl (C=O) groups is 2. The van der Waals surface area contributed by atoms with Crippen molar-refractivity contribution < 1.29 is 14.3 Å². The molecular formula is C19H29ClN4O3. The standard InChI is InChI=1S/C19H28N4O3.ClH/c1-4-26-15-12-19(20,18(15,2)3)16(24)22-13-7-5-8-14(11-13)23-10-6-9-21-17(23)25;/h5,7-8,11,15H,4,6,9-10,12,20H2,1-3H3,(H,21,25)(H,22,24);1H. The highest BCUT2D eigenvalue weighted by atomic mass is 35.5. The van der Waals surface area contributed by atoms with E-state index in [0.29, 0.717) is 31.8 Å². The molecule has 3 rings (SSSR count). The number of nitrogens with one attached hydrogen (secondary N) is 2. The Labute approximate surface area is 166 Å². The molecule has 2 aliphatic rings. The van der Waals surface area contributed by atoms with Gasteiger partial charge in [-0.3, -0.25) is 9.69 Å². The first-order valence-electron chi connectivity index (χ1n) is 9.17. The van der Waals surface area contributed by atoms with Gasteiger partial charge in [-0.1, -0.05) is 19.9 Å². The van der Waals surface area contributed by atoms with Gasteiger partial charge in [-0.05, 0) is 31.5 Å². The van der Waals surface area contributed by atoms with Gasteiger partial charge < -0.3 is 21.1 Å². The fraction of sp³-hybridized carbons (Fsp3) is 0.579. The van der Waals surface area contributed by atoms with Gasteiger partial charge in [-0.2, -0.15) is 0 Å². The third-order valence-corrected chi connectivity index (χ3v) is 5.73. The number of rotatable bonds is 5. The van der Waals surface area contributed by atoms with Crippen molar-refractivity contribution in [1.82, 2.24) is 5.32 Å². The maximum absolute atomic E-state index is 12.8. The second-order valence-corrected chi connectivity index (χ2v) is 7.58. The van der Waals surface area contributed by atoms with Crippen molar-refractivity contribution >= 4 is 35.7 Å². The van der Waals surface area contributed by atoms with Gasteiger partial charge in [0.05, 0.1) is 6.10 Å². The molecule has 1 aromatic carbocycles. The first kappa shape index (κ1) is 21.5. The lowest BCUT2D eigenvalue weighted by molar-refractivity contribution is -0.166. The van der Waals surface area contributed by atoms with Crippen molar-refractivity contribution in [2.24, 2.45) is 11.1 Å². The number of carbonyl (C=O) groups excluding carboxylic acids is 2. The van der Waals surface area contributed by atoms with E-state index in [2.05, 4.69) is 10.6 Å². The smallest absolute Gasteiger partial charge is 0.321 e. The van der Waals surface area contributed by atoms with Crippen LogP contribution in [0.2, 0.25) is 0 Å². The van der Waals surface area contributed by atoms with Gasteiger partial charge in [0.15, 0.2) is 0 Å². The van der Waals surface area contributed by atoms with Gasteiger partial charge in [-0.15, -0.1) is 12.4 Å². The van der Waals surface area contributed by atoms with E-state index in [1.54, 1.807) is 17.0 Å². The summed E-state index contributed by atoms with van der Waals surface area (Å²) in [4.78, 5) is 26.5. The zero-order chi connectivity index (χ0) is 18.9. The van der Waals surface area contributed by atoms with Crippen LogP contribution in [0.1, 0.15) is 33.6 Å². The molecule has 2 unspecified atom stereocenters. The SMILES string of the molecule is CCOC1CC(N)(C(=O)Nc2cccc(N3CCCNC3=O)c2)C1(C)C.Cl. The molecule has 8 heteroatoms. The van der Waals surface area contributed by atoms with Crippen LogP contribution in [-0.2, 0) is 9.53 Å². The number of benzene rings is 1. The number of urea groups is 1. The van der Waals surface area contributed by atoms with Crippen molar-refractivity contribution in [2.75, 3.05) is 29.9 Å². The normalized spacial score (nSPS) is 26.4. The summed E-state index contributed by atoms with van der Waals surface area (Å²) in [5.41, 5.74) is 6.39. The Balaban J connectivity index is 0.00000261. The summed E-state index contributed by atoms with van der Waals surface area (Å²) in [6.45, 7) is 7.82. The molecule has 1 aliphatic carbocycles. The van der Waals surface area contributed by atoms with Gasteiger partial charge >= 0.3 is 6.03 Å². The molecule has 0 bridgehead atoms. The van der Waals surface area contributed by atoms with E-state index in [9.17, 15) is 9.59 Å². The maximum Gasteiger partial charge on any atom is 0.321 e. The summed E-state index contributed by atoms with van der Waals surface area (Å²) in [5, 5.41) is 5.75. The molecule has 1 aromatic rings. The van der Waals surface area contributed by atoms with Crippen LogP contribution in [0, 0.1) is 5.41 Å². The van der Waals surface area contributed by atoms with Crippen LogP contribution in [0.3, 0.4) is 0 Å². The van der Waals surface area contributed by atoms with Crippen molar-refractivity contribution in [3.8, 4) is 0 Å². The topological polar surface area (TPSA) is 96.7 Å². The molecule has 2 fully saturated rings. The number of nitrogens with two attached hydrogens (primary N) is 1. The van der Waals surface area contributed by atoms with E-state index in [1.807, 2.05) is 32.9 Å². The Hall–Kier alpha value is -1.83. The average molecular weight is 397 g/mol. The molecule has 1 saturated carbocycles. The van der Waals surface area contributed by atoms with E-state index in [1.165, 1.54) is 0 Å². The van der Waals surface area contributed by atoms with E-state index in [-0.39, 0.29) is 30.4 Å². The molecule has 0 radical (unpaired) electrons. The Morgan fingerprint density at radius 3 is 2.81 bits per heavy atom. The quantitative estimate of drug-likeness (QED) is 0.712. The number of hydrogen-bond donors (Lipinski definition) is 3. The molecule has 2 atom stereocenters. The fourth-order valence-corrected chi connectivity index (χ4v) is 3.69. The van der Waals surface area contributed by atoms with Gasteiger partial charge in [0.1, 0.15) is 5.54 Å². The minimum absolute atomic E-state index is 0. The monoisotopic (exact) mass is 396 g/mol. The Bertz CT molecular complexity index is 712. The summed E-state index contributed by atoms with van der Waals surface area (Å²) < 4.78 is 5.69. The molecule has 7 nitrogen and oxygen atoms in total. The number of amides is 3. The van der Waals surface area contributed by atoms with E-state index in [4.69, 9.17) is 10.5 Å². The predicted octanol–water partition coefficient (Wildman–Crippen LogP) is 2.50. The van der Waals surface area contributed by atoms with Gasteiger partial charge in [0.25, 0.3) is 0 Å². The van der Waals surface area contributed by atoms with Gasteiger partial charge in [0.2, 0.25) is 5.91 Å². The van der Waals surface area contributed by atoms with Crippen molar-refractivity contribution in [2.45, 2.75) is 45.3 Å². The minimum atomic E-state index is -0.981. The second-order valence-electron chi connectivity index (χ2n) is 7.58. The number of anilines is 2. The molecule has 1 saturated heterocycles. The Morgan fingerprint density at radius 2 is 2.19 bits per heavy atom. The lowest BCUT2D eigenvalue weighted by Gasteiger charge is -2.57. The van der Waals surface area contributed by atoms with Crippen molar-refractivity contribution in [3.63, 3.8) is 0 Å². The van der Waals surface area contributed by atoms with E-state index in [0.717, 1.165) is 12.1 Å².